The van der Waals surface area contributed by atoms with Crippen LogP contribution in [0.3, 0.4) is 0 Å². The van der Waals surface area contributed by atoms with E-state index in [1.54, 1.807) is 0 Å². The topological polar surface area (TPSA) is 52.2 Å². The van der Waals surface area contributed by atoms with Crippen molar-refractivity contribution < 1.29 is 4.79 Å². The van der Waals surface area contributed by atoms with Crippen LogP contribution < -0.4 is 4.90 Å². The summed E-state index contributed by atoms with van der Waals surface area (Å²) in [5, 5.41) is 8.70. The number of hydrogen-bond acceptors (Lipinski definition) is 3. The molecule has 164 valence electrons. The molecule has 3 heterocycles. The summed E-state index contributed by atoms with van der Waals surface area (Å²) in [4.78, 5) is 16.4. The first-order chi connectivity index (χ1) is 15.6. The van der Waals surface area contributed by atoms with E-state index in [1.807, 2.05) is 11.1 Å². The van der Waals surface area contributed by atoms with Gasteiger partial charge in [-0.3, -0.25) is 9.89 Å². The van der Waals surface area contributed by atoms with E-state index in [2.05, 4.69) is 52.9 Å². The molecule has 0 radical (unpaired) electrons. The number of aryl methyl sites for hydroxylation is 2. The lowest BCUT2D eigenvalue weighted by atomic mass is 9.79. The molecule has 6 rings (SSSR count). The maximum Gasteiger partial charge on any atom is 0.245 e. The number of hydrogen-bond donors (Lipinski definition) is 1. The third-order valence-corrected chi connectivity index (χ3v) is 7.89. The summed E-state index contributed by atoms with van der Waals surface area (Å²) in [6.07, 6.45) is 9.42. The largest absolute Gasteiger partial charge is 0.371 e. The molecule has 0 atom stereocenters. The number of carbonyl (C=O) groups excluding carboxylic acids is 1. The van der Waals surface area contributed by atoms with Crippen molar-refractivity contribution in [2.24, 2.45) is 5.41 Å². The third kappa shape index (κ3) is 2.98. The van der Waals surface area contributed by atoms with Crippen molar-refractivity contribution in [1.29, 1.82) is 0 Å². The average Bonchev–Trinajstić information content (AvgIpc) is 3.44. The maximum atomic E-state index is 12.0. The van der Waals surface area contributed by atoms with Crippen LogP contribution in [0.1, 0.15) is 36.0 Å². The molecule has 2 saturated heterocycles. The van der Waals surface area contributed by atoms with Gasteiger partial charge in [-0.25, -0.2) is 0 Å². The van der Waals surface area contributed by atoms with Crippen molar-refractivity contribution in [2.75, 3.05) is 31.1 Å². The fourth-order valence-corrected chi connectivity index (χ4v) is 6.20. The number of fused-ring (bicyclic) bond motifs is 2. The van der Waals surface area contributed by atoms with Crippen molar-refractivity contribution >= 4 is 22.5 Å². The molecular formula is C27H30N4O. The Hall–Kier alpha value is -3.08. The zero-order valence-corrected chi connectivity index (χ0v) is 18.8. The molecule has 1 spiro atoms. The molecule has 5 heteroatoms. The fourth-order valence-electron chi connectivity index (χ4n) is 6.20. The fraction of sp³-hybridized carbons (Fsp3) is 0.407. The second-order valence-corrected chi connectivity index (χ2v) is 10.00. The first-order valence-corrected chi connectivity index (χ1v) is 11.8. The number of anilines is 1. The predicted octanol–water partition coefficient (Wildman–Crippen LogP) is 4.64. The molecule has 0 bridgehead atoms. The van der Waals surface area contributed by atoms with E-state index in [9.17, 15) is 4.79 Å². The number of H-pyrrole nitrogens is 1. The smallest absolute Gasteiger partial charge is 0.245 e. The second kappa shape index (κ2) is 7.22. The molecule has 3 aliphatic rings. The standard InChI is InChI=1S/C27H30N4O/c1-3-25(32)31-16-27(17-31)10-11-30(15-27)20-12-19-6-4-5-7-21(19)22(13-20)26-18(2)8-9-24-23(26)14-28-29-24/h3,8-9,12-14H,1,4-7,10-11,15-17H2,2H3,(H,28,29). The first kappa shape index (κ1) is 19.6. The van der Waals surface area contributed by atoms with Crippen molar-refractivity contribution in [3.63, 3.8) is 0 Å². The van der Waals surface area contributed by atoms with Crippen molar-refractivity contribution in [3.8, 4) is 11.1 Å². The molecule has 5 nitrogen and oxygen atoms in total. The van der Waals surface area contributed by atoms with E-state index in [-0.39, 0.29) is 11.3 Å². The number of aromatic nitrogens is 2. The van der Waals surface area contributed by atoms with Gasteiger partial charge in [0, 0.05) is 42.7 Å². The normalized spacial score (nSPS) is 19.3. The van der Waals surface area contributed by atoms with E-state index in [0.29, 0.717) is 0 Å². The van der Waals surface area contributed by atoms with E-state index < -0.39 is 0 Å². The van der Waals surface area contributed by atoms with Crippen molar-refractivity contribution in [2.45, 2.75) is 39.0 Å². The summed E-state index contributed by atoms with van der Waals surface area (Å²) in [6.45, 7) is 9.66. The van der Waals surface area contributed by atoms with Gasteiger partial charge in [-0.15, -0.1) is 0 Å². The Morgan fingerprint density at radius 3 is 2.88 bits per heavy atom. The van der Waals surface area contributed by atoms with Gasteiger partial charge in [0.05, 0.1) is 11.7 Å². The number of nitrogens with zero attached hydrogens (tertiary/aromatic N) is 3. The molecule has 32 heavy (non-hydrogen) atoms. The third-order valence-electron chi connectivity index (χ3n) is 7.89. The molecule has 1 aliphatic carbocycles. The molecule has 2 aromatic carbocycles. The SMILES string of the molecule is C=CC(=O)N1CC2(CCN(c3cc4c(c(-c5c(C)ccc6[nH]ncc56)c3)CCCC4)C2)C1. The second-order valence-electron chi connectivity index (χ2n) is 10.00. The lowest BCUT2D eigenvalue weighted by Crippen LogP contribution is -2.59. The average molecular weight is 427 g/mol. The molecule has 3 aromatic rings. The zero-order valence-electron chi connectivity index (χ0n) is 18.8. The Morgan fingerprint density at radius 1 is 1.19 bits per heavy atom. The summed E-state index contributed by atoms with van der Waals surface area (Å²) >= 11 is 0. The minimum atomic E-state index is 0.0637. The van der Waals surface area contributed by atoms with Gasteiger partial charge in [0.15, 0.2) is 0 Å². The van der Waals surface area contributed by atoms with Crippen LogP contribution in [0, 0.1) is 12.3 Å². The van der Waals surface area contributed by atoms with Crippen LogP contribution in [0.2, 0.25) is 0 Å². The quantitative estimate of drug-likeness (QED) is 0.621. The molecule has 2 aliphatic heterocycles. The number of rotatable bonds is 3. The van der Waals surface area contributed by atoms with Crippen LogP contribution in [-0.2, 0) is 17.6 Å². The van der Waals surface area contributed by atoms with Crippen LogP contribution in [0.5, 0.6) is 0 Å². The van der Waals surface area contributed by atoms with E-state index in [4.69, 9.17) is 0 Å². The molecule has 0 unspecified atom stereocenters. The number of likely N-dealkylation sites (tertiary alicyclic amines) is 1. The lowest BCUT2D eigenvalue weighted by molar-refractivity contribution is -0.136. The van der Waals surface area contributed by atoms with Crippen LogP contribution in [-0.4, -0.2) is 47.2 Å². The summed E-state index contributed by atoms with van der Waals surface area (Å²) < 4.78 is 0. The van der Waals surface area contributed by atoms with E-state index in [1.165, 1.54) is 57.8 Å². The van der Waals surface area contributed by atoms with Gasteiger partial charge in [-0.05, 0) is 91.1 Å². The van der Waals surface area contributed by atoms with Crippen LogP contribution >= 0.6 is 0 Å². The molecule has 2 fully saturated rings. The first-order valence-electron chi connectivity index (χ1n) is 11.8. The monoisotopic (exact) mass is 426 g/mol. The maximum absolute atomic E-state index is 12.0. The number of benzene rings is 2. The summed E-state index contributed by atoms with van der Waals surface area (Å²) in [5.41, 5.74) is 9.75. The Balaban J connectivity index is 1.39. The van der Waals surface area contributed by atoms with Gasteiger partial charge in [0.25, 0.3) is 0 Å². The molecule has 0 saturated carbocycles. The minimum absolute atomic E-state index is 0.0637. The Bertz CT molecular complexity index is 1230. The Labute approximate surface area is 189 Å². The highest BCUT2D eigenvalue weighted by Crippen LogP contribution is 2.44. The lowest BCUT2D eigenvalue weighted by Gasteiger charge is -2.47. The van der Waals surface area contributed by atoms with Crippen molar-refractivity contribution in [1.82, 2.24) is 15.1 Å². The number of nitrogens with one attached hydrogen (secondary N) is 1. The highest BCUT2D eigenvalue weighted by atomic mass is 16.2. The minimum Gasteiger partial charge on any atom is -0.371 e. The van der Waals surface area contributed by atoms with Gasteiger partial charge in [0.2, 0.25) is 5.91 Å². The molecular weight excluding hydrogens is 396 g/mol. The highest BCUT2D eigenvalue weighted by Gasteiger charge is 2.49. The number of aromatic amines is 1. The zero-order chi connectivity index (χ0) is 21.9. The van der Waals surface area contributed by atoms with E-state index in [0.717, 1.165) is 51.0 Å². The number of amides is 1. The molecule has 1 N–H and O–H groups in total. The van der Waals surface area contributed by atoms with E-state index >= 15 is 0 Å². The van der Waals surface area contributed by atoms with Crippen molar-refractivity contribution in [3.05, 3.63) is 59.8 Å². The molecule has 1 amide bonds. The number of carbonyl (C=O) groups is 1. The molecule has 1 aromatic heterocycles. The van der Waals surface area contributed by atoms with Crippen LogP contribution in [0.4, 0.5) is 5.69 Å². The predicted molar refractivity (Wildman–Crippen MR) is 129 cm³/mol. The Morgan fingerprint density at radius 2 is 2.03 bits per heavy atom. The van der Waals surface area contributed by atoms with Gasteiger partial charge in [-0.2, -0.15) is 5.10 Å². The van der Waals surface area contributed by atoms with Crippen LogP contribution in [0.15, 0.2) is 43.1 Å². The Kier molecular flexibility index (Phi) is 4.42. The van der Waals surface area contributed by atoms with Gasteiger partial charge in [-0.1, -0.05) is 12.6 Å². The summed E-state index contributed by atoms with van der Waals surface area (Å²) in [5.74, 6) is 0.0637. The van der Waals surface area contributed by atoms with Gasteiger partial charge < -0.3 is 9.80 Å². The highest BCUT2D eigenvalue weighted by molar-refractivity contribution is 5.98. The summed E-state index contributed by atoms with van der Waals surface area (Å²) in [7, 11) is 0. The van der Waals surface area contributed by atoms with Gasteiger partial charge in [0.1, 0.15) is 0 Å². The van der Waals surface area contributed by atoms with Crippen LogP contribution in [0.25, 0.3) is 22.0 Å². The van der Waals surface area contributed by atoms with Gasteiger partial charge >= 0.3 is 0 Å². The summed E-state index contributed by atoms with van der Waals surface area (Å²) in [6, 6.07) is 9.23.